The second-order valence-electron chi connectivity index (χ2n) is 6.63. The average molecular weight is 437 g/mol. The van der Waals surface area contributed by atoms with E-state index in [0.29, 0.717) is 40.9 Å². The first kappa shape index (κ1) is 20.4. The SMILES string of the molecule is O=C(Nc1ccccc1C(=O)Nc1ccc(Cl)cn1)c1cccc(N2CCOC2=O)c1. The molecule has 0 saturated carbocycles. The number of ether oxygens (including phenoxy) is 1. The van der Waals surface area contributed by atoms with Crippen LogP contribution in [-0.2, 0) is 4.74 Å². The molecule has 31 heavy (non-hydrogen) atoms. The Morgan fingerprint density at radius 3 is 2.58 bits per heavy atom. The molecule has 0 unspecified atom stereocenters. The standard InChI is InChI=1S/C22H17ClN4O4/c23-15-8-9-19(24-13-15)26-21(29)17-6-1-2-7-18(17)25-20(28)14-4-3-5-16(12-14)27-10-11-31-22(27)30/h1-9,12-13H,10-11H2,(H,25,28)(H,24,26,29). The third-order valence-corrected chi connectivity index (χ3v) is 4.79. The monoisotopic (exact) mass is 436 g/mol. The Labute approximate surface area is 182 Å². The molecule has 156 valence electrons. The van der Waals surface area contributed by atoms with E-state index in [1.54, 1.807) is 60.7 Å². The number of hydrogen-bond acceptors (Lipinski definition) is 5. The largest absolute Gasteiger partial charge is 0.447 e. The molecule has 9 heteroatoms. The van der Waals surface area contributed by atoms with E-state index in [4.69, 9.17) is 16.3 Å². The number of halogens is 1. The molecule has 1 aliphatic heterocycles. The Morgan fingerprint density at radius 2 is 1.84 bits per heavy atom. The molecule has 2 N–H and O–H groups in total. The lowest BCUT2D eigenvalue weighted by molar-refractivity contribution is 0.102. The van der Waals surface area contributed by atoms with Crippen molar-refractivity contribution in [2.75, 3.05) is 28.7 Å². The smallest absolute Gasteiger partial charge is 0.414 e. The molecule has 0 aliphatic carbocycles. The van der Waals surface area contributed by atoms with E-state index in [-0.39, 0.29) is 5.56 Å². The number of carbonyl (C=O) groups excluding carboxylic acids is 3. The third-order valence-electron chi connectivity index (χ3n) is 4.57. The first-order valence-electron chi connectivity index (χ1n) is 9.39. The van der Waals surface area contributed by atoms with E-state index in [1.807, 2.05) is 0 Å². The van der Waals surface area contributed by atoms with Crippen LogP contribution in [0.2, 0.25) is 5.02 Å². The quantitative estimate of drug-likeness (QED) is 0.624. The summed E-state index contributed by atoms with van der Waals surface area (Å²) >= 11 is 5.82. The maximum Gasteiger partial charge on any atom is 0.414 e. The van der Waals surface area contributed by atoms with Crippen LogP contribution < -0.4 is 15.5 Å². The minimum Gasteiger partial charge on any atom is -0.447 e. The minimum atomic E-state index is -0.449. The molecule has 3 amide bonds. The van der Waals surface area contributed by atoms with E-state index in [1.165, 1.54) is 11.1 Å². The molecule has 0 spiro atoms. The third kappa shape index (κ3) is 4.65. The molecule has 1 aromatic heterocycles. The summed E-state index contributed by atoms with van der Waals surface area (Å²) in [5.41, 5.74) is 1.51. The number of aromatic nitrogens is 1. The first-order valence-corrected chi connectivity index (χ1v) is 9.77. The zero-order valence-corrected chi connectivity index (χ0v) is 16.9. The molecule has 0 radical (unpaired) electrons. The van der Waals surface area contributed by atoms with Crippen LogP contribution in [0.4, 0.5) is 22.0 Å². The highest BCUT2D eigenvalue weighted by Gasteiger charge is 2.24. The number of nitrogens with one attached hydrogen (secondary N) is 2. The van der Waals surface area contributed by atoms with Crippen molar-refractivity contribution >= 4 is 46.7 Å². The molecule has 1 saturated heterocycles. The van der Waals surface area contributed by atoms with Gasteiger partial charge in [0, 0.05) is 17.4 Å². The highest BCUT2D eigenvalue weighted by molar-refractivity contribution is 6.30. The summed E-state index contributed by atoms with van der Waals surface area (Å²) in [7, 11) is 0. The van der Waals surface area contributed by atoms with Crippen molar-refractivity contribution in [3.63, 3.8) is 0 Å². The molecule has 8 nitrogen and oxygen atoms in total. The van der Waals surface area contributed by atoms with Crippen LogP contribution in [0.1, 0.15) is 20.7 Å². The van der Waals surface area contributed by atoms with Crippen LogP contribution in [0.25, 0.3) is 0 Å². The van der Waals surface area contributed by atoms with Gasteiger partial charge in [0.1, 0.15) is 12.4 Å². The number of benzene rings is 2. The van der Waals surface area contributed by atoms with Crippen LogP contribution in [0.5, 0.6) is 0 Å². The van der Waals surface area contributed by atoms with Gasteiger partial charge in [0.05, 0.1) is 22.8 Å². The summed E-state index contributed by atoms with van der Waals surface area (Å²) < 4.78 is 4.94. The topological polar surface area (TPSA) is 101 Å². The van der Waals surface area contributed by atoms with Crippen LogP contribution in [0.15, 0.2) is 66.9 Å². The second kappa shape index (κ2) is 8.85. The van der Waals surface area contributed by atoms with Gasteiger partial charge in [0.15, 0.2) is 0 Å². The molecule has 4 rings (SSSR count). The van der Waals surface area contributed by atoms with Crippen molar-refractivity contribution in [3.8, 4) is 0 Å². The number of pyridine rings is 1. The molecule has 2 aromatic carbocycles. The number of nitrogens with zero attached hydrogens (tertiary/aromatic N) is 2. The number of para-hydroxylation sites is 1. The Bertz CT molecular complexity index is 1150. The van der Waals surface area contributed by atoms with Gasteiger partial charge in [-0.2, -0.15) is 0 Å². The van der Waals surface area contributed by atoms with Gasteiger partial charge in [-0.15, -0.1) is 0 Å². The van der Waals surface area contributed by atoms with E-state index in [0.717, 1.165) is 0 Å². The Kier molecular flexibility index (Phi) is 5.81. The van der Waals surface area contributed by atoms with E-state index >= 15 is 0 Å². The van der Waals surface area contributed by atoms with Gasteiger partial charge in [-0.25, -0.2) is 9.78 Å². The Balaban J connectivity index is 1.52. The van der Waals surface area contributed by atoms with E-state index < -0.39 is 17.9 Å². The van der Waals surface area contributed by atoms with Gasteiger partial charge >= 0.3 is 6.09 Å². The predicted octanol–water partition coefficient (Wildman–Crippen LogP) is 4.20. The summed E-state index contributed by atoms with van der Waals surface area (Å²) in [6.45, 7) is 0.728. The Morgan fingerprint density at radius 1 is 1.00 bits per heavy atom. The molecular formula is C22H17ClN4O4. The van der Waals surface area contributed by atoms with Crippen molar-refractivity contribution in [1.82, 2.24) is 4.98 Å². The van der Waals surface area contributed by atoms with Crippen LogP contribution in [-0.4, -0.2) is 36.0 Å². The van der Waals surface area contributed by atoms with Crippen LogP contribution in [0.3, 0.4) is 0 Å². The maximum atomic E-state index is 12.8. The van der Waals surface area contributed by atoms with Gasteiger partial charge in [-0.05, 0) is 42.5 Å². The predicted molar refractivity (Wildman–Crippen MR) is 117 cm³/mol. The van der Waals surface area contributed by atoms with Gasteiger partial charge in [-0.1, -0.05) is 29.8 Å². The summed E-state index contributed by atoms with van der Waals surface area (Å²) in [5, 5.41) is 5.88. The average Bonchev–Trinajstić information content (AvgIpc) is 3.21. The fourth-order valence-corrected chi connectivity index (χ4v) is 3.17. The summed E-state index contributed by atoms with van der Waals surface area (Å²) in [6.07, 6.45) is 0.976. The second-order valence-corrected chi connectivity index (χ2v) is 7.07. The van der Waals surface area contributed by atoms with E-state index in [9.17, 15) is 14.4 Å². The molecular weight excluding hydrogens is 420 g/mol. The highest BCUT2D eigenvalue weighted by atomic mass is 35.5. The van der Waals surface area contributed by atoms with E-state index in [2.05, 4.69) is 15.6 Å². The lowest BCUT2D eigenvalue weighted by atomic mass is 10.1. The molecule has 1 aliphatic rings. The van der Waals surface area contributed by atoms with Gasteiger partial charge in [0.25, 0.3) is 11.8 Å². The highest BCUT2D eigenvalue weighted by Crippen LogP contribution is 2.22. The first-order chi connectivity index (χ1) is 15.0. The zero-order chi connectivity index (χ0) is 21.8. The number of carbonyl (C=O) groups is 3. The molecule has 2 heterocycles. The van der Waals surface area contributed by atoms with Crippen LogP contribution in [0, 0.1) is 0 Å². The molecule has 1 fully saturated rings. The lowest BCUT2D eigenvalue weighted by Gasteiger charge is -2.14. The molecule has 3 aromatic rings. The summed E-state index contributed by atoms with van der Waals surface area (Å²) in [4.78, 5) is 42.8. The van der Waals surface area contributed by atoms with Gasteiger partial charge in [-0.3, -0.25) is 14.5 Å². The van der Waals surface area contributed by atoms with Crippen molar-refractivity contribution in [2.24, 2.45) is 0 Å². The fourth-order valence-electron chi connectivity index (χ4n) is 3.06. The molecule has 0 atom stereocenters. The van der Waals surface area contributed by atoms with Crippen molar-refractivity contribution in [2.45, 2.75) is 0 Å². The van der Waals surface area contributed by atoms with Crippen molar-refractivity contribution < 1.29 is 19.1 Å². The van der Waals surface area contributed by atoms with Crippen molar-refractivity contribution in [3.05, 3.63) is 83.0 Å². The summed E-state index contributed by atoms with van der Waals surface area (Å²) in [6, 6.07) is 16.5. The number of cyclic esters (lactones) is 1. The van der Waals surface area contributed by atoms with Gasteiger partial charge < -0.3 is 15.4 Å². The normalized spacial score (nSPS) is 12.9. The number of anilines is 3. The van der Waals surface area contributed by atoms with Crippen molar-refractivity contribution in [1.29, 1.82) is 0 Å². The number of hydrogen-bond donors (Lipinski definition) is 2. The minimum absolute atomic E-state index is 0.270. The fraction of sp³-hybridized carbons (Fsp3) is 0.0909. The lowest BCUT2D eigenvalue weighted by Crippen LogP contribution is -2.24. The maximum absolute atomic E-state index is 12.8. The van der Waals surface area contributed by atoms with Gasteiger partial charge in [0.2, 0.25) is 0 Å². The molecule has 0 bridgehead atoms. The van der Waals surface area contributed by atoms with Crippen LogP contribution >= 0.6 is 11.6 Å². The summed E-state index contributed by atoms with van der Waals surface area (Å²) in [5.74, 6) is -0.515. The zero-order valence-electron chi connectivity index (χ0n) is 16.2. The number of amides is 3. The number of rotatable bonds is 5. The Hall–Kier alpha value is -3.91.